The van der Waals surface area contributed by atoms with Crippen molar-refractivity contribution in [1.29, 1.82) is 0 Å². The van der Waals surface area contributed by atoms with E-state index in [0.29, 0.717) is 26.9 Å². The summed E-state index contributed by atoms with van der Waals surface area (Å²) in [5, 5.41) is 2.73. The van der Waals surface area contributed by atoms with Gasteiger partial charge >= 0.3 is 0 Å². The average molecular weight is 316 g/mol. The number of anilines is 1. The molecule has 0 unspecified atom stereocenters. The van der Waals surface area contributed by atoms with E-state index in [2.05, 4.69) is 0 Å². The first-order valence-corrected chi connectivity index (χ1v) is 7.10. The maximum Gasteiger partial charge on any atom is 0.195 e. The van der Waals surface area contributed by atoms with Crippen molar-refractivity contribution in [3.63, 3.8) is 0 Å². The van der Waals surface area contributed by atoms with Gasteiger partial charge in [-0.25, -0.2) is 0 Å². The molecule has 3 aromatic carbocycles. The molecule has 0 aliphatic rings. The number of benzene rings is 3. The van der Waals surface area contributed by atoms with Gasteiger partial charge in [-0.3, -0.25) is 4.79 Å². The van der Waals surface area contributed by atoms with E-state index in [9.17, 15) is 4.79 Å². The molecule has 0 aliphatic carbocycles. The van der Waals surface area contributed by atoms with Gasteiger partial charge in [-0.05, 0) is 35.7 Å². The third-order valence-corrected chi connectivity index (χ3v) is 3.94. The zero-order chi connectivity index (χ0) is 15.0. The molecule has 0 amide bonds. The Labute approximate surface area is 132 Å². The molecule has 4 heteroatoms. The summed E-state index contributed by atoms with van der Waals surface area (Å²) in [6.45, 7) is 0. The van der Waals surface area contributed by atoms with Crippen molar-refractivity contribution in [3.05, 3.63) is 75.8 Å². The maximum absolute atomic E-state index is 12.8. The molecule has 0 aromatic heterocycles. The lowest BCUT2D eigenvalue weighted by Crippen LogP contribution is -2.06. The number of halogens is 2. The molecule has 3 aromatic rings. The van der Waals surface area contributed by atoms with Gasteiger partial charge in [-0.2, -0.15) is 0 Å². The Morgan fingerprint density at radius 3 is 2.33 bits per heavy atom. The standard InChI is InChI=1S/C17H11Cl2NO/c18-10-5-8-16(20)14(9-10)17(21)13-6-7-15(19)12-4-2-1-3-11(12)13/h1-9H,20H2. The predicted molar refractivity (Wildman–Crippen MR) is 88.3 cm³/mol. The van der Waals surface area contributed by atoms with Gasteiger partial charge in [0.1, 0.15) is 0 Å². The minimum Gasteiger partial charge on any atom is -0.398 e. The first-order valence-electron chi connectivity index (χ1n) is 6.35. The molecular formula is C17H11Cl2NO. The van der Waals surface area contributed by atoms with Gasteiger partial charge in [0.2, 0.25) is 0 Å². The molecule has 0 radical (unpaired) electrons. The first-order chi connectivity index (χ1) is 10.1. The third-order valence-electron chi connectivity index (χ3n) is 3.38. The van der Waals surface area contributed by atoms with E-state index in [-0.39, 0.29) is 5.78 Å². The van der Waals surface area contributed by atoms with Gasteiger partial charge in [-0.1, -0.05) is 47.5 Å². The van der Waals surface area contributed by atoms with E-state index in [1.54, 1.807) is 30.3 Å². The normalized spacial score (nSPS) is 10.8. The van der Waals surface area contributed by atoms with Crippen molar-refractivity contribution in [2.75, 3.05) is 5.73 Å². The second-order valence-electron chi connectivity index (χ2n) is 4.70. The summed E-state index contributed by atoms with van der Waals surface area (Å²) in [5.41, 5.74) is 7.26. The Bertz CT molecular complexity index is 859. The van der Waals surface area contributed by atoms with E-state index < -0.39 is 0 Å². The number of rotatable bonds is 2. The number of nitrogens with two attached hydrogens (primary N) is 1. The molecule has 104 valence electrons. The Morgan fingerprint density at radius 1 is 0.857 bits per heavy atom. The Balaban J connectivity index is 2.23. The third kappa shape index (κ3) is 2.48. The van der Waals surface area contributed by atoms with Crippen LogP contribution < -0.4 is 5.73 Å². The molecular weight excluding hydrogens is 305 g/mol. The van der Waals surface area contributed by atoms with Gasteiger partial charge in [0.05, 0.1) is 0 Å². The van der Waals surface area contributed by atoms with Crippen molar-refractivity contribution in [3.8, 4) is 0 Å². The highest BCUT2D eigenvalue weighted by atomic mass is 35.5. The van der Waals surface area contributed by atoms with E-state index in [4.69, 9.17) is 28.9 Å². The van der Waals surface area contributed by atoms with Crippen LogP contribution in [0.15, 0.2) is 54.6 Å². The number of ketones is 1. The number of hydrogen-bond acceptors (Lipinski definition) is 2. The van der Waals surface area contributed by atoms with Crippen LogP contribution in [0.1, 0.15) is 15.9 Å². The fourth-order valence-corrected chi connectivity index (χ4v) is 2.73. The van der Waals surface area contributed by atoms with Crippen molar-refractivity contribution >= 4 is 45.4 Å². The van der Waals surface area contributed by atoms with Gasteiger partial charge in [0.15, 0.2) is 5.78 Å². The lowest BCUT2D eigenvalue weighted by atomic mass is 9.96. The van der Waals surface area contributed by atoms with E-state index in [1.165, 1.54) is 0 Å². The number of nitrogen functional groups attached to an aromatic ring is 1. The van der Waals surface area contributed by atoms with Crippen LogP contribution in [0.4, 0.5) is 5.69 Å². The van der Waals surface area contributed by atoms with E-state index >= 15 is 0 Å². The van der Waals surface area contributed by atoms with Crippen LogP contribution >= 0.6 is 23.2 Å². The van der Waals surface area contributed by atoms with Gasteiger partial charge < -0.3 is 5.73 Å². The number of carbonyl (C=O) groups is 1. The van der Waals surface area contributed by atoms with Gasteiger partial charge in [0, 0.05) is 32.2 Å². The van der Waals surface area contributed by atoms with Crippen molar-refractivity contribution in [2.45, 2.75) is 0 Å². The van der Waals surface area contributed by atoms with Crippen LogP contribution in [0.2, 0.25) is 10.0 Å². The zero-order valence-electron chi connectivity index (χ0n) is 10.9. The second kappa shape index (κ2) is 5.40. The molecule has 0 saturated heterocycles. The molecule has 21 heavy (non-hydrogen) atoms. The lowest BCUT2D eigenvalue weighted by Gasteiger charge is -2.09. The van der Waals surface area contributed by atoms with Crippen LogP contribution in [-0.4, -0.2) is 5.78 Å². The van der Waals surface area contributed by atoms with Crippen LogP contribution in [0.3, 0.4) is 0 Å². The quantitative estimate of drug-likeness (QED) is 0.536. The van der Waals surface area contributed by atoms with Crippen LogP contribution in [0.25, 0.3) is 10.8 Å². The summed E-state index contributed by atoms with van der Waals surface area (Å²) < 4.78 is 0. The Morgan fingerprint density at radius 2 is 1.57 bits per heavy atom. The largest absolute Gasteiger partial charge is 0.398 e. The molecule has 2 nitrogen and oxygen atoms in total. The predicted octanol–water partition coefficient (Wildman–Crippen LogP) is 4.96. The summed E-state index contributed by atoms with van der Waals surface area (Å²) in [7, 11) is 0. The smallest absolute Gasteiger partial charge is 0.195 e. The summed E-state index contributed by atoms with van der Waals surface area (Å²) in [6, 6.07) is 15.8. The maximum atomic E-state index is 12.8. The number of hydrogen-bond donors (Lipinski definition) is 1. The summed E-state index contributed by atoms with van der Waals surface area (Å²) in [4.78, 5) is 12.8. The van der Waals surface area contributed by atoms with Crippen molar-refractivity contribution < 1.29 is 4.79 Å². The zero-order valence-corrected chi connectivity index (χ0v) is 12.4. The average Bonchev–Trinajstić information content (AvgIpc) is 2.50. The van der Waals surface area contributed by atoms with Crippen molar-refractivity contribution in [2.24, 2.45) is 0 Å². The minimum atomic E-state index is -0.164. The van der Waals surface area contributed by atoms with E-state index in [1.807, 2.05) is 24.3 Å². The van der Waals surface area contributed by atoms with E-state index in [0.717, 1.165) is 10.8 Å². The minimum absolute atomic E-state index is 0.164. The van der Waals surface area contributed by atoms with Gasteiger partial charge in [-0.15, -0.1) is 0 Å². The summed E-state index contributed by atoms with van der Waals surface area (Å²) >= 11 is 12.1. The molecule has 0 aliphatic heterocycles. The first kappa shape index (κ1) is 13.9. The topological polar surface area (TPSA) is 43.1 Å². The highest BCUT2D eigenvalue weighted by Gasteiger charge is 2.16. The number of fused-ring (bicyclic) bond motifs is 1. The fourth-order valence-electron chi connectivity index (χ4n) is 2.33. The summed E-state index contributed by atoms with van der Waals surface area (Å²) in [5.74, 6) is -0.164. The SMILES string of the molecule is Nc1ccc(Cl)cc1C(=O)c1ccc(Cl)c2ccccc12. The monoisotopic (exact) mass is 315 g/mol. The molecule has 0 fully saturated rings. The fraction of sp³-hybridized carbons (Fsp3) is 0. The van der Waals surface area contributed by atoms with Crippen LogP contribution in [0, 0.1) is 0 Å². The molecule has 0 heterocycles. The molecule has 3 rings (SSSR count). The Hall–Kier alpha value is -2.03. The van der Waals surface area contributed by atoms with Crippen LogP contribution in [0.5, 0.6) is 0 Å². The summed E-state index contributed by atoms with van der Waals surface area (Å²) in [6.07, 6.45) is 0. The highest BCUT2D eigenvalue weighted by Crippen LogP contribution is 2.29. The second-order valence-corrected chi connectivity index (χ2v) is 5.54. The van der Waals surface area contributed by atoms with Crippen molar-refractivity contribution in [1.82, 2.24) is 0 Å². The molecule has 0 atom stereocenters. The number of carbonyl (C=O) groups excluding carboxylic acids is 1. The molecule has 0 saturated carbocycles. The van der Waals surface area contributed by atoms with Crippen LogP contribution in [-0.2, 0) is 0 Å². The highest BCUT2D eigenvalue weighted by molar-refractivity contribution is 6.36. The molecule has 0 spiro atoms. The lowest BCUT2D eigenvalue weighted by molar-refractivity contribution is 0.104. The van der Waals surface area contributed by atoms with Gasteiger partial charge in [0.25, 0.3) is 0 Å². The Kier molecular flexibility index (Phi) is 3.58. The molecule has 0 bridgehead atoms. The molecule has 2 N–H and O–H groups in total.